The molecule has 116 valence electrons. The highest BCUT2D eigenvalue weighted by Gasteiger charge is 2.18. The number of aromatic hydroxyl groups is 1. The van der Waals surface area contributed by atoms with Gasteiger partial charge in [-0.05, 0) is 59.0 Å². The molecule has 0 heterocycles. The van der Waals surface area contributed by atoms with Crippen molar-refractivity contribution in [1.82, 2.24) is 5.32 Å². The second-order valence-corrected chi connectivity index (χ2v) is 6.71. The Hall–Kier alpha value is -1.31. The van der Waals surface area contributed by atoms with E-state index in [0.29, 0.717) is 5.92 Å². The third kappa shape index (κ3) is 6.33. The first kappa shape index (κ1) is 17.7. The molecule has 1 amide bonds. The molecule has 0 fully saturated rings. The van der Waals surface area contributed by atoms with Crippen LogP contribution in [0.1, 0.15) is 37.0 Å². The van der Waals surface area contributed by atoms with Crippen molar-refractivity contribution in [3.63, 3.8) is 0 Å². The zero-order valence-electron chi connectivity index (χ0n) is 12.1. The maximum atomic E-state index is 12.1. The van der Waals surface area contributed by atoms with E-state index < -0.39 is 5.97 Å². The van der Waals surface area contributed by atoms with Crippen LogP contribution in [-0.4, -0.2) is 28.6 Å². The average molecular weight is 405 g/mol. The third-order valence-electron chi connectivity index (χ3n) is 3.02. The number of carbonyl (C=O) groups is 2. The van der Waals surface area contributed by atoms with Crippen LogP contribution in [0.3, 0.4) is 0 Å². The maximum absolute atomic E-state index is 12.1. The standard InChI is InChI=1S/C15H20INO4/c1-9(2)5-10(6-14(19)20)8-17-15(21)12-7-11(16)3-4-13(12)18/h3-4,7,9-10,18H,5-6,8H2,1-2H3,(H,17,21)(H,19,20)/t10-/m0/s1. The molecule has 1 atom stereocenters. The van der Waals surface area contributed by atoms with Crippen LogP contribution < -0.4 is 5.32 Å². The molecule has 0 bridgehead atoms. The van der Waals surface area contributed by atoms with Gasteiger partial charge >= 0.3 is 5.97 Å². The van der Waals surface area contributed by atoms with E-state index in [4.69, 9.17) is 5.11 Å². The number of hydrogen-bond acceptors (Lipinski definition) is 3. The van der Waals surface area contributed by atoms with Crippen LogP contribution in [0.15, 0.2) is 18.2 Å². The Morgan fingerprint density at radius 3 is 2.57 bits per heavy atom. The molecule has 5 nitrogen and oxygen atoms in total. The fourth-order valence-electron chi connectivity index (χ4n) is 2.17. The molecule has 0 radical (unpaired) electrons. The summed E-state index contributed by atoms with van der Waals surface area (Å²) in [5, 5.41) is 21.3. The molecule has 1 aromatic rings. The fourth-order valence-corrected chi connectivity index (χ4v) is 2.67. The minimum absolute atomic E-state index is 0.0246. The SMILES string of the molecule is CC(C)C[C@H](CNC(=O)c1cc(I)ccc1O)CC(=O)O. The molecular formula is C15H20INO4. The lowest BCUT2D eigenvalue weighted by molar-refractivity contribution is -0.138. The predicted octanol–water partition coefficient (Wildman–Crippen LogP) is 2.86. The third-order valence-corrected chi connectivity index (χ3v) is 3.69. The van der Waals surface area contributed by atoms with Gasteiger partial charge in [-0.15, -0.1) is 0 Å². The zero-order chi connectivity index (χ0) is 16.0. The van der Waals surface area contributed by atoms with E-state index in [0.717, 1.165) is 9.99 Å². The number of aliphatic carboxylic acids is 1. The van der Waals surface area contributed by atoms with E-state index >= 15 is 0 Å². The van der Waals surface area contributed by atoms with Crippen molar-refractivity contribution in [2.24, 2.45) is 11.8 Å². The number of nitrogens with one attached hydrogen (secondary N) is 1. The first-order chi connectivity index (χ1) is 9.79. The van der Waals surface area contributed by atoms with Crippen LogP contribution in [0, 0.1) is 15.4 Å². The summed E-state index contributed by atoms with van der Waals surface area (Å²) in [7, 11) is 0. The smallest absolute Gasteiger partial charge is 0.303 e. The molecule has 21 heavy (non-hydrogen) atoms. The van der Waals surface area contributed by atoms with Gasteiger partial charge in [0.2, 0.25) is 0 Å². The number of benzene rings is 1. The number of amides is 1. The molecule has 1 rings (SSSR count). The van der Waals surface area contributed by atoms with Gasteiger partial charge in [-0.1, -0.05) is 13.8 Å². The Balaban J connectivity index is 2.68. The summed E-state index contributed by atoms with van der Waals surface area (Å²) in [4.78, 5) is 22.9. The summed E-state index contributed by atoms with van der Waals surface area (Å²) in [6.07, 6.45) is 0.752. The van der Waals surface area contributed by atoms with Crippen molar-refractivity contribution in [1.29, 1.82) is 0 Å². The molecule has 0 unspecified atom stereocenters. The minimum Gasteiger partial charge on any atom is -0.507 e. The van der Waals surface area contributed by atoms with E-state index in [1.165, 1.54) is 6.07 Å². The monoisotopic (exact) mass is 405 g/mol. The number of hydrogen-bond donors (Lipinski definition) is 3. The number of carbonyl (C=O) groups excluding carboxylic acids is 1. The highest BCUT2D eigenvalue weighted by atomic mass is 127. The Morgan fingerprint density at radius 1 is 1.33 bits per heavy atom. The van der Waals surface area contributed by atoms with Crippen molar-refractivity contribution >= 4 is 34.5 Å². The van der Waals surface area contributed by atoms with Crippen molar-refractivity contribution < 1.29 is 19.8 Å². The van der Waals surface area contributed by atoms with E-state index in [1.807, 2.05) is 13.8 Å². The summed E-state index contributed by atoms with van der Waals surface area (Å²) >= 11 is 2.06. The minimum atomic E-state index is -0.869. The molecule has 0 saturated carbocycles. The van der Waals surface area contributed by atoms with Gasteiger partial charge in [-0.3, -0.25) is 9.59 Å². The molecule has 6 heteroatoms. The lowest BCUT2D eigenvalue weighted by Crippen LogP contribution is -2.31. The van der Waals surface area contributed by atoms with Crippen LogP contribution >= 0.6 is 22.6 Å². The maximum Gasteiger partial charge on any atom is 0.303 e. The lowest BCUT2D eigenvalue weighted by Gasteiger charge is -2.18. The topological polar surface area (TPSA) is 86.6 Å². The van der Waals surface area contributed by atoms with Gasteiger partial charge in [0.15, 0.2) is 0 Å². The van der Waals surface area contributed by atoms with Crippen LogP contribution in [0.4, 0.5) is 0 Å². The molecule has 1 aromatic carbocycles. The first-order valence-corrected chi connectivity index (χ1v) is 7.86. The number of phenols is 1. The van der Waals surface area contributed by atoms with Crippen molar-refractivity contribution in [2.75, 3.05) is 6.54 Å². The van der Waals surface area contributed by atoms with E-state index in [2.05, 4.69) is 27.9 Å². The molecular weight excluding hydrogens is 385 g/mol. The van der Waals surface area contributed by atoms with Gasteiger partial charge in [-0.2, -0.15) is 0 Å². The summed E-state index contributed by atoms with van der Waals surface area (Å²) in [6, 6.07) is 4.78. The molecule has 0 aliphatic heterocycles. The fraction of sp³-hybridized carbons (Fsp3) is 0.467. The van der Waals surface area contributed by atoms with E-state index in [9.17, 15) is 14.7 Å². The first-order valence-electron chi connectivity index (χ1n) is 6.78. The number of phenolic OH excluding ortho intramolecular Hbond substituents is 1. The quantitative estimate of drug-likeness (QED) is 0.609. The van der Waals surface area contributed by atoms with E-state index in [1.54, 1.807) is 12.1 Å². The summed E-state index contributed by atoms with van der Waals surface area (Å²) in [5.74, 6) is -1.09. The molecule has 0 aliphatic rings. The average Bonchev–Trinajstić information content (AvgIpc) is 2.37. The molecule has 0 saturated heterocycles. The summed E-state index contributed by atoms with van der Waals surface area (Å²) in [5.41, 5.74) is 0.209. The summed E-state index contributed by atoms with van der Waals surface area (Å²) in [6.45, 7) is 4.32. The number of halogens is 1. The Morgan fingerprint density at radius 2 is 2.00 bits per heavy atom. The van der Waals surface area contributed by atoms with Gasteiger partial charge in [0.25, 0.3) is 5.91 Å². The molecule has 3 N–H and O–H groups in total. The normalized spacial score (nSPS) is 12.2. The van der Waals surface area contributed by atoms with Crippen molar-refractivity contribution in [3.8, 4) is 5.75 Å². The van der Waals surface area contributed by atoms with Gasteiger partial charge in [0.05, 0.1) is 5.56 Å². The number of rotatable bonds is 7. The second-order valence-electron chi connectivity index (χ2n) is 5.46. The molecule has 0 spiro atoms. The number of carboxylic acids is 1. The van der Waals surface area contributed by atoms with Crippen LogP contribution in [0.25, 0.3) is 0 Å². The van der Waals surface area contributed by atoms with Crippen molar-refractivity contribution in [2.45, 2.75) is 26.7 Å². The van der Waals surface area contributed by atoms with Crippen LogP contribution in [0.2, 0.25) is 0 Å². The Kier molecular flexibility index (Phi) is 6.94. The van der Waals surface area contributed by atoms with Gasteiger partial charge < -0.3 is 15.5 Å². The van der Waals surface area contributed by atoms with Gasteiger partial charge in [0.1, 0.15) is 5.75 Å². The van der Waals surface area contributed by atoms with Crippen LogP contribution in [-0.2, 0) is 4.79 Å². The van der Waals surface area contributed by atoms with E-state index in [-0.39, 0.29) is 36.1 Å². The van der Waals surface area contributed by atoms with Gasteiger partial charge in [-0.25, -0.2) is 0 Å². The zero-order valence-corrected chi connectivity index (χ0v) is 14.3. The summed E-state index contributed by atoms with van der Waals surface area (Å²) < 4.78 is 0.847. The Bertz CT molecular complexity index is 516. The number of carboxylic acid groups (broad SMARTS) is 1. The van der Waals surface area contributed by atoms with Crippen LogP contribution in [0.5, 0.6) is 5.75 Å². The van der Waals surface area contributed by atoms with Gasteiger partial charge in [0, 0.05) is 16.5 Å². The lowest BCUT2D eigenvalue weighted by atomic mass is 9.94. The largest absolute Gasteiger partial charge is 0.507 e. The molecule has 0 aromatic heterocycles. The molecule has 0 aliphatic carbocycles. The second kappa shape index (κ2) is 8.21. The highest BCUT2D eigenvalue weighted by Crippen LogP contribution is 2.20. The van der Waals surface area contributed by atoms with Crippen molar-refractivity contribution in [3.05, 3.63) is 27.3 Å². The highest BCUT2D eigenvalue weighted by molar-refractivity contribution is 14.1. The predicted molar refractivity (Wildman–Crippen MR) is 88.4 cm³/mol. The Labute approximate surface area is 137 Å².